The van der Waals surface area contributed by atoms with E-state index >= 15 is 0 Å². The number of carbonyl (C=O) groups is 1. The van der Waals surface area contributed by atoms with E-state index in [0.29, 0.717) is 12.8 Å². The van der Waals surface area contributed by atoms with E-state index in [2.05, 4.69) is 67.8 Å². The second-order valence-corrected chi connectivity index (χ2v) is 20.0. The Balaban J connectivity index is 1.56. The molecule has 1 amide bonds. The molecule has 17 atom stereocenters. The van der Waals surface area contributed by atoms with Gasteiger partial charge in [0.05, 0.1) is 38.6 Å². The van der Waals surface area contributed by atoms with Gasteiger partial charge in [-0.1, -0.05) is 132 Å². The lowest BCUT2D eigenvalue weighted by Gasteiger charge is -2.48. The highest BCUT2D eigenvalue weighted by molar-refractivity contribution is 5.76. The van der Waals surface area contributed by atoms with Crippen LogP contribution in [0.4, 0.5) is 0 Å². The summed E-state index contributed by atoms with van der Waals surface area (Å²) in [5.41, 5.74) is 0. The number of nitrogens with one attached hydrogen (secondary N) is 1. The second-order valence-electron chi connectivity index (χ2n) is 20.0. The first-order valence-electron chi connectivity index (χ1n) is 28.0. The lowest BCUT2D eigenvalue weighted by molar-refractivity contribution is -0.379. The van der Waals surface area contributed by atoms with Gasteiger partial charge < -0.3 is 89.9 Å². The average Bonchev–Trinajstić information content (AvgIpc) is 3.41. The van der Waals surface area contributed by atoms with Crippen LogP contribution in [-0.2, 0) is 33.2 Å². The summed E-state index contributed by atoms with van der Waals surface area (Å²) in [6, 6.07) is -1.00. The van der Waals surface area contributed by atoms with E-state index < -0.39 is 124 Å². The third kappa shape index (κ3) is 24.6. The first kappa shape index (κ1) is 66.8. The van der Waals surface area contributed by atoms with Gasteiger partial charge in [0, 0.05) is 6.42 Å². The number of ether oxygens (including phenoxy) is 6. The summed E-state index contributed by atoms with van der Waals surface area (Å²) in [7, 11) is 0. The van der Waals surface area contributed by atoms with Gasteiger partial charge in [-0.15, -0.1) is 0 Å². The van der Waals surface area contributed by atoms with E-state index in [1.165, 1.54) is 51.4 Å². The molecule has 0 aromatic rings. The van der Waals surface area contributed by atoms with Crippen molar-refractivity contribution in [2.24, 2.45) is 0 Å². The van der Waals surface area contributed by atoms with Crippen molar-refractivity contribution in [2.75, 3.05) is 26.4 Å². The van der Waals surface area contributed by atoms with Crippen molar-refractivity contribution in [3.05, 3.63) is 60.8 Å². The van der Waals surface area contributed by atoms with Crippen molar-refractivity contribution in [3.8, 4) is 0 Å². The number of hydrogen-bond donors (Lipinski definition) is 12. The highest BCUT2D eigenvalue weighted by atomic mass is 16.8. The van der Waals surface area contributed by atoms with Crippen molar-refractivity contribution >= 4 is 5.91 Å². The molecule has 0 saturated carbocycles. The van der Waals surface area contributed by atoms with Crippen LogP contribution in [0.15, 0.2) is 60.8 Å². The summed E-state index contributed by atoms with van der Waals surface area (Å²) >= 11 is 0. The van der Waals surface area contributed by atoms with Crippen LogP contribution in [0.3, 0.4) is 0 Å². The molecule has 3 aliphatic rings. The predicted octanol–water partition coefficient (Wildman–Crippen LogP) is 3.70. The minimum absolute atomic E-state index is 0.213. The van der Waals surface area contributed by atoms with E-state index in [9.17, 15) is 61.0 Å². The Hall–Kier alpha value is -2.51. The molecule has 0 aromatic heterocycles. The average molecular weight is 1070 g/mol. The van der Waals surface area contributed by atoms with Gasteiger partial charge in [0.25, 0.3) is 0 Å². The van der Waals surface area contributed by atoms with Gasteiger partial charge in [0.1, 0.15) is 73.2 Å². The Labute approximate surface area is 445 Å². The highest BCUT2D eigenvalue weighted by Gasteiger charge is 2.53. The highest BCUT2D eigenvalue weighted by Crippen LogP contribution is 2.33. The van der Waals surface area contributed by atoms with Crippen molar-refractivity contribution in [2.45, 2.75) is 259 Å². The van der Waals surface area contributed by atoms with Crippen LogP contribution in [0.5, 0.6) is 0 Å². The van der Waals surface area contributed by atoms with Crippen LogP contribution in [0.2, 0.25) is 0 Å². The molecule has 17 unspecified atom stereocenters. The zero-order valence-corrected chi connectivity index (χ0v) is 44.8. The molecule has 75 heavy (non-hydrogen) atoms. The molecular formula is C56H97NO18. The van der Waals surface area contributed by atoms with Crippen LogP contribution in [0.1, 0.15) is 155 Å². The molecule has 3 saturated heterocycles. The summed E-state index contributed by atoms with van der Waals surface area (Å²) in [5, 5.41) is 120. The molecule has 12 N–H and O–H groups in total. The standard InChI is InChI=1S/C56H97NO18/c1-3-5-7-9-11-13-15-17-19-21-23-25-27-29-31-33-40(61)39(57-44(62)34-32-30-28-26-24-22-20-18-16-14-12-10-8-6-4-2)38-70-54-50(68)47(65)52(42(36-59)72-54)75-56-51(69)48(66)53(43(37-60)73-56)74-55-49(67)46(64)45(63)41(35-58)71-55/h12,14-15,17-18,20,23,25,31,33,39-43,45-56,58-61,63-69H,3-11,13,16,19,21-22,24,26-30,32,34-38H2,1-2H3,(H,57,62)/b14-12-,17-15+,20-18-,25-23+,33-31+. The first-order chi connectivity index (χ1) is 36.3. The zero-order chi connectivity index (χ0) is 54.8. The molecule has 0 radical (unpaired) electrons. The first-order valence-corrected chi connectivity index (χ1v) is 28.0. The number of carbonyl (C=O) groups excluding carboxylic acids is 1. The maximum atomic E-state index is 13.3. The molecule has 0 aliphatic carbocycles. The van der Waals surface area contributed by atoms with Gasteiger partial charge >= 0.3 is 0 Å². The van der Waals surface area contributed by atoms with Crippen molar-refractivity contribution in [1.29, 1.82) is 0 Å². The normalized spacial score (nSPS) is 31.7. The molecule has 19 heteroatoms. The third-order valence-electron chi connectivity index (χ3n) is 13.8. The molecular weight excluding hydrogens is 975 g/mol. The van der Waals surface area contributed by atoms with Crippen molar-refractivity contribution in [3.63, 3.8) is 0 Å². The van der Waals surface area contributed by atoms with Gasteiger partial charge in [0.2, 0.25) is 5.91 Å². The Morgan fingerprint density at radius 2 is 0.893 bits per heavy atom. The molecule has 3 heterocycles. The number of rotatable bonds is 39. The summed E-state index contributed by atoms with van der Waals surface area (Å²) in [6.45, 7) is 1.60. The molecule has 0 aromatic carbocycles. The number of aliphatic hydroxyl groups is 11. The fourth-order valence-corrected chi connectivity index (χ4v) is 9.07. The molecule has 0 spiro atoms. The van der Waals surface area contributed by atoms with Crippen LogP contribution in [0.25, 0.3) is 0 Å². The molecule has 3 aliphatic heterocycles. The van der Waals surface area contributed by atoms with Gasteiger partial charge in [-0.05, 0) is 77.0 Å². The number of aliphatic hydroxyl groups excluding tert-OH is 11. The Bertz CT molecular complexity index is 1610. The number of allylic oxidation sites excluding steroid dienone is 9. The smallest absolute Gasteiger partial charge is 0.220 e. The van der Waals surface area contributed by atoms with Gasteiger partial charge in [-0.3, -0.25) is 4.79 Å². The van der Waals surface area contributed by atoms with Crippen molar-refractivity contribution < 1.29 is 89.4 Å². The quantitative estimate of drug-likeness (QED) is 0.0309. The van der Waals surface area contributed by atoms with E-state index in [1.54, 1.807) is 6.08 Å². The summed E-state index contributed by atoms with van der Waals surface area (Å²) < 4.78 is 34.1. The summed E-state index contributed by atoms with van der Waals surface area (Å²) in [6.07, 6.45) is 16.4. The maximum Gasteiger partial charge on any atom is 0.220 e. The van der Waals surface area contributed by atoms with Crippen LogP contribution in [0, 0.1) is 0 Å². The topological polar surface area (TPSA) is 307 Å². The number of amides is 1. The Morgan fingerprint density at radius 1 is 0.480 bits per heavy atom. The Morgan fingerprint density at radius 3 is 1.44 bits per heavy atom. The molecule has 3 rings (SSSR count). The monoisotopic (exact) mass is 1070 g/mol. The largest absolute Gasteiger partial charge is 0.394 e. The zero-order valence-electron chi connectivity index (χ0n) is 44.8. The molecule has 19 nitrogen and oxygen atoms in total. The lowest BCUT2D eigenvalue weighted by atomic mass is 9.96. The third-order valence-corrected chi connectivity index (χ3v) is 13.8. The summed E-state index contributed by atoms with van der Waals surface area (Å²) in [4.78, 5) is 13.3. The van der Waals surface area contributed by atoms with E-state index in [0.717, 1.165) is 70.6 Å². The maximum absolute atomic E-state index is 13.3. The van der Waals surface area contributed by atoms with E-state index in [-0.39, 0.29) is 18.9 Å². The van der Waals surface area contributed by atoms with Crippen LogP contribution < -0.4 is 5.32 Å². The van der Waals surface area contributed by atoms with Crippen LogP contribution in [-0.4, -0.2) is 193 Å². The van der Waals surface area contributed by atoms with Gasteiger partial charge in [-0.2, -0.15) is 0 Å². The lowest BCUT2D eigenvalue weighted by Crippen LogP contribution is -2.66. The van der Waals surface area contributed by atoms with E-state index in [1.807, 2.05) is 6.08 Å². The minimum atomic E-state index is -1.98. The molecule has 3 fully saturated rings. The van der Waals surface area contributed by atoms with Gasteiger partial charge in [-0.25, -0.2) is 0 Å². The summed E-state index contributed by atoms with van der Waals surface area (Å²) in [5.74, 6) is -0.308. The van der Waals surface area contributed by atoms with Crippen LogP contribution >= 0.6 is 0 Å². The second kappa shape index (κ2) is 39.8. The fraction of sp³-hybridized carbons (Fsp3) is 0.804. The SMILES string of the molecule is CCCCC/C=C\C/C=C\CCCCCCCC(=O)NC(COC1OC(CO)C(OC2OC(CO)C(OC3OC(CO)C(O)C(O)C3O)C(O)C2O)C(O)C1O)C(O)/C=C/CC/C=C/CC/C=C/CCCCCCC. The Kier molecular flexibility index (Phi) is 35.4. The molecule has 0 bridgehead atoms. The number of unbranched alkanes of at least 4 members (excludes halogenated alkanes) is 15. The molecule has 434 valence electrons. The minimum Gasteiger partial charge on any atom is -0.394 e. The van der Waals surface area contributed by atoms with Crippen molar-refractivity contribution in [1.82, 2.24) is 5.32 Å². The van der Waals surface area contributed by atoms with Gasteiger partial charge in [0.15, 0.2) is 18.9 Å². The predicted molar refractivity (Wildman–Crippen MR) is 282 cm³/mol. The number of hydrogen-bond acceptors (Lipinski definition) is 18. The fourth-order valence-electron chi connectivity index (χ4n) is 9.07. The van der Waals surface area contributed by atoms with E-state index in [4.69, 9.17) is 28.4 Å².